The number of benzene rings is 2. The van der Waals surface area contributed by atoms with Gasteiger partial charge < -0.3 is 19.4 Å². The van der Waals surface area contributed by atoms with E-state index in [1.54, 1.807) is 12.1 Å². The highest BCUT2D eigenvalue weighted by molar-refractivity contribution is 7.99. The number of carbonyl (C=O) groups is 2. The van der Waals surface area contributed by atoms with E-state index in [0.717, 1.165) is 16.9 Å². The van der Waals surface area contributed by atoms with E-state index in [2.05, 4.69) is 15.5 Å². The van der Waals surface area contributed by atoms with Gasteiger partial charge >= 0.3 is 5.97 Å². The van der Waals surface area contributed by atoms with E-state index < -0.39 is 5.97 Å². The lowest BCUT2D eigenvalue weighted by Gasteiger charge is -2.15. The Kier molecular flexibility index (Phi) is 8.52. The summed E-state index contributed by atoms with van der Waals surface area (Å²) in [6.45, 7) is 3.89. The number of amides is 1. The van der Waals surface area contributed by atoms with Crippen LogP contribution in [0, 0.1) is 6.92 Å². The van der Waals surface area contributed by atoms with Crippen LogP contribution in [0.2, 0.25) is 5.02 Å². The number of carbonyl (C=O) groups excluding carboxylic acids is 2. The number of nitrogens with one attached hydrogen (secondary N) is 1. The van der Waals surface area contributed by atoms with Crippen molar-refractivity contribution in [1.82, 2.24) is 14.8 Å². The van der Waals surface area contributed by atoms with Crippen LogP contribution in [0.1, 0.15) is 34.8 Å². The monoisotopic (exact) mass is 556 g/mol. The summed E-state index contributed by atoms with van der Waals surface area (Å²) in [4.78, 5) is 25.3. The SMILES string of the molecule is COC(=O)c1c(-c2ccc(Cl)cc2)csc1NC(=O)CSc1nnc(C(C)Oc2ccccc2C)n1C. The maximum absolute atomic E-state index is 12.8. The zero-order valence-corrected chi connectivity index (χ0v) is 23.0. The Morgan fingerprint density at radius 3 is 2.59 bits per heavy atom. The molecule has 2 heterocycles. The molecule has 0 fully saturated rings. The molecule has 0 saturated heterocycles. The average Bonchev–Trinajstić information content (AvgIpc) is 3.47. The molecule has 0 aliphatic heterocycles. The molecule has 0 bridgehead atoms. The normalized spacial score (nSPS) is 11.7. The molecule has 4 rings (SSSR count). The summed E-state index contributed by atoms with van der Waals surface area (Å²) in [6, 6.07) is 14.9. The van der Waals surface area contributed by atoms with Gasteiger partial charge in [0.25, 0.3) is 0 Å². The van der Waals surface area contributed by atoms with Crippen molar-refractivity contribution in [3.8, 4) is 16.9 Å². The Balaban J connectivity index is 1.43. The minimum absolute atomic E-state index is 0.0772. The summed E-state index contributed by atoms with van der Waals surface area (Å²) < 4.78 is 12.8. The van der Waals surface area contributed by atoms with Crippen LogP contribution in [-0.4, -0.2) is 39.5 Å². The van der Waals surface area contributed by atoms with Gasteiger partial charge in [-0.25, -0.2) is 4.79 Å². The molecule has 1 unspecified atom stereocenters. The molecule has 11 heteroatoms. The van der Waals surface area contributed by atoms with Gasteiger partial charge in [-0.15, -0.1) is 21.5 Å². The first-order valence-electron chi connectivity index (χ1n) is 11.3. The first-order valence-corrected chi connectivity index (χ1v) is 13.5. The quantitative estimate of drug-likeness (QED) is 0.195. The van der Waals surface area contributed by atoms with Gasteiger partial charge in [-0.1, -0.05) is 53.7 Å². The fraction of sp³-hybridized carbons (Fsp3) is 0.231. The molecule has 37 heavy (non-hydrogen) atoms. The van der Waals surface area contributed by atoms with Gasteiger partial charge in [-0.3, -0.25) is 4.79 Å². The molecule has 0 aliphatic rings. The third-order valence-corrected chi connectivity index (χ3v) is 7.72. The highest BCUT2D eigenvalue weighted by atomic mass is 35.5. The maximum atomic E-state index is 12.8. The third-order valence-electron chi connectivity index (χ3n) is 5.55. The first-order chi connectivity index (χ1) is 17.8. The highest BCUT2D eigenvalue weighted by Crippen LogP contribution is 2.37. The van der Waals surface area contributed by atoms with E-state index in [1.807, 2.05) is 67.2 Å². The van der Waals surface area contributed by atoms with Crippen molar-refractivity contribution in [2.24, 2.45) is 7.05 Å². The van der Waals surface area contributed by atoms with Crippen LogP contribution in [0.5, 0.6) is 5.75 Å². The Labute approximate surface area is 228 Å². The molecule has 8 nitrogen and oxygen atoms in total. The third kappa shape index (κ3) is 6.15. The van der Waals surface area contributed by atoms with Crippen LogP contribution >= 0.6 is 34.7 Å². The number of aryl methyl sites for hydroxylation is 1. The number of hydrogen-bond donors (Lipinski definition) is 1. The number of anilines is 1. The molecule has 1 atom stereocenters. The second-order valence-corrected chi connectivity index (χ2v) is 10.4. The molecule has 0 saturated carbocycles. The Hall–Kier alpha value is -3.34. The fourth-order valence-corrected chi connectivity index (χ4v) is 5.44. The van der Waals surface area contributed by atoms with Gasteiger partial charge in [-0.05, 0) is 43.2 Å². The minimum Gasteiger partial charge on any atom is -0.482 e. The molecule has 1 N–H and O–H groups in total. The Morgan fingerprint density at radius 2 is 1.89 bits per heavy atom. The van der Waals surface area contributed by atoms with Crippen molar-refractivity contribution < 1.29 is 19.1 Å². The molecule has 1 amide bonds. The zero-order valence-electron chi connectivity index (χ0n) is 20.6. The molecule has 2 aromatic heterocycles. The van der Waals surface area contributed by atoms with E-state index in [1.165, 1.54) is 30.2 Å². The molecule has 4 aromatic rings. The van der Waals surface area contributed by atoms with E-state index in [-0.39, 0.29) is 17.8 Å². The summed E-state index contributed by atoms with van der Waals surface area (Å²) in [5.74, 6) is 0.684. The van der Waals surface area contributed by atoms with Crippen molar-refractivity contribution in [1.29, 1.82) is 0 Å². The van der Waals surface area contributed by atoms with Gasteiger partial charge in [0, 0.05) is 23.0 Å². The van der Waals surface area contributed by atoms with Crippen molar-refractivity contribution in [3.05, 3.63) is 75.9 Å². The smallest absolute Gasteiger partial charge is 0.341 e. The van der Waals surface area contributed by atoms with Crippen molar-refractivity contribution in [2.45, 2.75) is 25.1 Å². The first kappa shape index (κ1) is 26.7. The number of methoxy groups -OCH3 is 1. The number of para-hydroxylation sites is 1. The van der Waals surface area contributed by atoms with E-state index >= 15 is 0 Å². The van der Waals surface area contributed by atoms with Crippen LogP contribution in [-0.2, 0) is 16.6 Å². The lowest BCUT2D eigenvalue weighted by Crippen LogP contribution is -2.16. The standard InChI is InChI=1S/C26H25ClN4O4S2/c1-15-7-5-6-8-20(15)35-16(2)23-29-30-26(31(23)3)37-14-21(32)28-24-22(25(33)34-4)19(13-36-24)17-9-11-18(27)12-10-17/h5-13,16H,14H2,1-4H3,(H,28,32). The van der Waals surface area contributed by atoms with Crippen LogP contribution in [0.25, 0.3) is 11.1 Å². The summed E-state index contributed by atoms with van der Waals surface area (Å²) in [6.07, 6.45) is -0.332. The van der Waals surface area contributed by atoms with E-state index in [4.69, 9.17) is 21.1 Å². The minimum atomic E-state index is -0.533. The second kappa shape index (κ2) is 11.8. The van der Waals surface area contributed by atoms with Crippen molar-refractivity contribution >= 4 is 51.6 Å². The highest BCUT2D eigenvalue weighted by Gasteiger charge is 2.23. The molecule has 0 spiro atoms. The molecule has 2 aromatic carbocycles. The predicted octanol–water partition coefficient (Wildman–Crippen LogP) is 6.16. The number of thioether (sulfide) groups is 1. The topological polar surface area (TPSA) is 95.3 Å². The number of halogens is 1. The molecule has 0 radical (unpaired) electrons. The van der Waals surface area contributed by atoms with Crippen LogP contribution in [0.3, 0.4) is 0 Å². The largest absolute Gasteiger partial charge is 0.482 e. The second-order valence-electron chi connectivity index (χ2n) is 8.11. The van der Waals surface area contributed by atoms with Crippen LogP contribution in [0.15, 0.2) is 59.1 Å². The molecule has 0 aliphatic carbocycles. The maximum Gasteiger partial charge on any atom is 0.341 e. The number of nitrogens with zero attached hydrogens (tertiary/aromatic N) is 3. The summed E-state index contributed by atoms with van der Waals surface area (Å²) >= 11 is 8.49. The van der Waals surface area contributed by atoms with Crippen molar-refractivity contribution in [3.63, 3.8) is 0 Å². The Bertz CT molecular complexity index is 1420. The molecular formula is C26H25ClN4O4S2. The van der Waals surface area contributed by atoms with Gasteiger partial charge in [0.2, 0.25) is 5.91 Å². The number of rotatable bonds is 9. The van der Waals surface area contributed by atoms with Gasteiger partial charge in [0.15, 0.2) is 17.1 Å². The summed E-state index contributed by atoms with van der Waals surface area (Å²) in [7, 11) is 3.14. The van der Waals surface area contributed by atoms with E-state index in [0.29, 0.717) is 32.1 Å². The Morgan fingerprint density at radius 1 is 1.16 bits per heavy atom. The number of aromatic nitrogens is 3. The average molecular weight is 557 g/mol. The van der Waals surface area contributed by atoms with E-state index in [9.17, 15) is 9.59 Å². The van der Waals surface area contributed by atoms with Gasteiger partial charge in [-0.2, -0.15) is 0 Å². The lowest BCUT2D eigenvalue weighted by molar-refractivity contribution is -0.113. The number of hydrogen-bond acceptors (Lipinski definition) is 8. The zero-order chi connectivity index (χ0) is 26.5. The number of ether oxygens (including phenoxy) is 2. The summed E-state index contributed by atoms with van der Waals surface area (Å²) in [5, 5.41) is 14.7. The van der Waals surface area contributed by atoms with Crippen LogP contribution < -0.4 is 10.1 Å². The van der Waals surface area contributed by atoms with Crippen LogP contribution in [0.4, 0.5) is 5.00 Å². The predicted molar refractivity (Wildman–Crippen MR) is 147 cm³/mol. The lowest BCUT2D eigenvalue weighted by atomic mass is 10.0. The van der Waals surface area contributed by atoms with Gasteiger partial charge in [0.1, 0.15) is 16.3 Å². The summed E-state index contributed by atoms with van der Waals surface area (Å²) in [5.41, 5.74) is 2.79. The molecule has 192 valence electrons. The molecular weight excluding hydrogens is 532 g/mol. The number of esters is 1. The van der Waals surface area contributed by atoms with Crippen molar-refractivity contribution in [2.75, 3.05) is 18.2 Å². The van der Waals surface area contributed by atoms with Gasteiger partial charge in [0.05, 0.1) is 12.9 Å². The number of thiophene rings is 1. The fourth-order valence-electron chi connectivity index (χ4n) is 3.63.